The molecule has 0 radical (unpaired) electrons. The van der Waals surface area contributed by atoms with E-state index in [0.717, 1.165) is 37.4 Å². The summed E-state index contributed by atoms with van der Waals surface area (Å²) in [6.45, 7) is 2.60. The molecule has 0 bridgehead atoms. The molecule has 0 spiro atoms. The molecule has 2 aromatic heterocycles. The van der Waals surface area contributed by atoms with Crippen LogP contribution in [-0.4, -0.2) is 40.6 Å². The molecule has 7 nitrogen and oxygen atoms in total. The number of nitrogens with one attached hydrogen (secondary N) is 2. The Labute approximate surface area is 135 Å². The Kier molecular flexibility index (Phi) is 5.21. The summed E-state index contributed by atoms with van der Waals surface area (Å²) in [6, 6.07) is 5.44. The summed E-state index contributed by atoms with van der Waals surface area (Å²) in [6.07, 6.45) is 7.41. The van der Waals surface area contributed by atoms with Crippen LogP contribution < -0.4 is 10.6 Å². The molecule has 0 saturated carbocycles. The largest absolute Gasteiger partial charge is 0.381 e. The van der Waals surface area contributed by atoms with Gasteiger partial charge in [0.05, 0.1) is 6.61 Å². The molecule has 1 aliphatic heterocycles. The lowest BCUT2D eigenvalue weighted by molar-refractivity contribution is 0.0557. The van der Waals surface area contributed by atoms with Crippen LogP contribution in [0, 0.1) is 5.92 Å². The monoisotopic (exact) mass is 315 g/mol. The van der Waals surface area contributed by atoms with Crippen molar-refractivity contribution in [1.82, 2.24) is 25.4 Å². The predicted octanol–water partition coefficient (Wildman–Crippen LogP) is 1.49. The zero-order chi connectivity index (χ0) is 15.9. The first kappa shape index (κ1) is 15.5. The highest BCUT2D eigenvalue weighted by atomic mass is 16.5. The Bertz CT molecular complexity index is 623. The number of rotatable bonds is 5. The van der Waals surface area contributed by atoms with Crippen molar-refractivity contribution >= 4 is 6.03 Å². The number of urea groups is 1. The van der Waals surface area contributed by atoms with Gasteiger partial charge < -0.3 is 15.4 Å². The summed E-state index contributed by atoms with van der Waals surface area (Å²) >= 11 is 0. The molecule has 3 rings (SSSR count). The lowest BCUT2D eigenvalue weighted by Crippen LogP contribution is -2.39. The molecule has 0 aromatic carbocycles. The minimum atomic E-state index is -0.175. The first-order chi connectivity index (χ1) is 11.3. The zero-order valence-electron chi connectivity index (χ0n) is 12.9. The van der Waals surface area contributed by atoms with Crippen LogP contribution in [0.15, 0.2) is 36.8 Å². The van der Waals surface area contributed by atoms with Crippen molar-refractivity contribution in [3.63, 3.8) is 0 Å². The summed E-state index contributed by atoms with van der Waals surface area (Å²) in [5.74, 6) is 1.13. The van der Waals surface area contributed by atoms with E-state index in [2.05, 4.69) is 20.7 Å². The fourth-order valence-electron chi connectivity index (χ4n) is 2.61. The molecule has 0 aliphatic carbocycles. The summed E-state index contributed by atoms with van der Waals surface area (Å²) < 4.78 is 7.10. The van der Waals surface area contributed by atoms with Gasteiger partial charge in [-0.3, -0.25) is 0 Å². The lowest BCUT2D eigenvalue weighted by Gasteiger charge is -2.22. The number of carbonyl (C=O) groups excluding carboxylic acids is 1. The van der Waals surface area contributed by atoms with Crippen LogP contribution in [-0.2, 0) is 11.3 Å². The van der Waals surface area contributed by atoms with Crippen LogP contribution in [0.1, 0.15) is 18.4 Å². The third kappa shape index (κ3) is 4.29. The van der Waals surface area contributed by atoms with Crippen molar-refractivity contribution < 1.29 is 9.53 Å². The van der Waals surface area contributed by atoms with Crippen molar-refractivity contribution in [1.29, 1.82) is 0 Å². The third-order valence-electron chi connectivity index (χ3n) is 3.83. The van der Waals surface area contributed by atoms with E-state index >= 15 is 0 Å². The van der Waals surface area contributed by atoms with Crippen molar-refractivity contribution in [2.45, 2.75) is 19.4 Å². The van der Waals surface area contributed by atoms with Crippen molar-refractivity contribution in [2.75, 3.05) is 19.8 Å². The molecule has 0 unspecified atom stereocenters. The van der Waals surface area contributed by atoms with Gasteiger partial charge in [0.25, 0.3) is 0 Å². The Morgan fingerprint density at radius 2 is 2.30 bits per heavy atom. The van der Waals surface area contributed by atoms with E-state index < -0.39 is 0 Å². The van der Waals surface area contributed by atoms with Crippen LogP contribution in [0.5, 0.6) is 0 Å². The number of ether oxygens (including phenoxy) is 1. The van der Waals surface area contributed by atoms with Gasteiger partial charge in [0.15, 0.2) is 5.82 Å². The Hall–Kier alpha value is -2.41. The molecule has 1 atom stereocenters. The predicted molar refractivity (Wildman–Crippen MR) is 85.1 cm³/mol. The lowest BCUT2D eigenvalue weighted by atomic mass is 10.0. The van der Waals surface area contributed by atoms with Gasteiger partial charge in [-0.1, -0.05) is 6.07 Å². The number of amides is 2. The molecule has 2 N–H and O–H groups in total. The Morgan fingerprint density at radius 1 is 1.35 bits per heavy atom. The summed E-state index contributed by atoms with van der Waals surface area (Å²) in [7, 11) is 0. The second-order valence-corrected chi connectivity index (χ2v) is 5.58. The molecule has 2 aromatic rings. The molecular weight excluding hydrogens is 294 g/mol. The van der Waals surface area contributed by atoms with Gasteiger partial charge in [-0.2, -0.15) is 5.10 Å². The quantitative estimate of drug-likeness (QED) is 0.876. The first-order valence-corrected chi connectivity index (χ1v) is 7.86. The highest BCUT2D eigenvalue weighted by Gasteiger charge is 2.15. The third-order valence-corrected chi connectivity index (χ3v) is 3.83. The number of aromatic nitrogens is 3. The van der Waals surface area contributed by atoms with Gasteiger partial charge in [-0.25, -0.2) is 14.5 Å². The van der Waals surface area contributed by atoms with E-state index in [1.807, 2.05) is 24.4 Å². The zero-order valence-corrected chi connectivity index (χ0v) is 12.9. The fourth-order valence-corrected chi connectivity index (χ4v) is 2.61. The maximum atomic E-state index is 12.0. The van der Waals surface area contributed by atoms with E-state index in [1.165, 1.54) is 0 Å². The molecule has 1 aliphatic rings. The van der Waals surface area contributed by atoms with Gasteiger partial charge in [0.2, 0.25) is 0 Å². The summed E-state index contributed by atoms with van der Waals surface area (Å²) in [4.78, 5) is 16.3. The van der Waals surface area contributed by atoms with Crippen LogP contribution in [0.2, 0.25) is 0 Å². The number of carbonyl (C=O) groups is 1. The van der Waals surface area contributed by atoms with E-state index in [4.69, 9.17) is 4.74 Å². The van der Waals surface area contributed by atoms with Gasteiger partial charge >= 0.3 is 6.03 Å². The molecule has 2 amide bonds. The standard InChI is InChI=1S/C16H21N5O2/c22-16(18-10-13-4-2-9-23-12-13)19-11-14-5-1-6-17-15(14)21-8-3-7-20-21/h1,3,5-8,13H,2,4,9-12H2,(H2,18,19,22)/t13-/m0/s1. The maximum absolute atomic E-state index is 12.0. The van der Waals surface area contributed by atoms with Gasteiger partial charge in [-0.15, -0.1) is 0 Å². The van der Waals surface area contributed by atoms with E-state index in [9.17, 15) is 4.79 Å². The molecule has 122 valence electrons. The maximum Gasteiger partial charge on any atom is 0.315 e. The Balaban J connectivity index is 1.51. The highest BCUT2D eigenvalue weighted by Crippen LogP contribution is 2.12. The highest BCUT2D eigenvalue weighted by molar-refractivity contribution is 5.73. The average molecular weight is 315 g/mol. The molecule has 7 heteroatoms. The van der Waals surface area contributed by atoms with Crippen molar-refractivity contribution in [2.24, 2.45) is 5.92 Å². The van der Waals surface area contributed by atoms with Crippen molar-refractivity contribution in [3.8, 4) is 5.82 Å². The Morgan fingerprint density at radius 3 is 3.09 bits per heavy atom. The fraction of sp³-hybridized carbons (Fsp3) is 0.438. The van der Waals surface area contributed by atoms with Gasteiger partial charge in [0.1, 0.15) is 0 Å². The second kappa shape index (κ2) is 7.73. The number of hydrogen-bond donors (Lipinski definition) is 2. The van der Waals surface area contributed by atoms with Crippen molar-refractivity contribution in [3.05, 3.63) is 42.4 Å². The minimum absolute atomic E-state index is 0.175. The molecule has 23 heavy (non-hydrogen) atoms. The number of hydrogen-bond acceptors (Lipinski definition) is 4. The molecular formula is C16H21N5O2. The van der Waals surface area contributed by atoms with Crippen LogP contribution >= 0.6 is 0 Å². The molecule has 1 saturated heterocycles. The molecule has 1 fully saturated rings. The van der Waals surface area contributed by atoms with E-state index in [1.54, 1.807) is 17.1 Å². The molecule has 3 heterocycles. The normalized spacial score (nSPS) is 17.7. The van der Waals surface area contributed by atoms with E-state index in [0.29, 0.717) is 19.0 Å². The topological polar surface area (TPSA) is 81.1 Å². The first-order valence-electron chi connectivity index (χ1n) is 7.86. The van der Waals surface area contributed by atoms with Crippen LogP contribution in [0.3, 0.4) is 0 Å². The minimum Gasteiger partial charge on any atom is -0.381 e. The SMILES string of the molecule is O=C(NCc1cccnc1-n1cccn1)NC[C@@H]1CCCOC1. The van der Waals surface area contributed by atoms with Gasteiger partial charge in [-0.05, 0) is 30.9 Å². The van der Waals surface area contributed by atoms with E-state index in [-0.39, 0.29) is 6.03 Å². The van der Waals surface area contributed by atoms with Crippen LogP contribution in [0.25, 0.3) is 5.82 Å². The second-order valence-electron chi connectivity index (χ2n) is 5.58. The number of nitrogens with zero attached hydrogens (tertiary/aromatic N) is 3. The average Bonchev–Trinajstić information content (AvgIpc) is 3.14. The summed E-state index contributed by atoms with van der Waals surface area (Å²) in [5.41, 5.74) is 0.910. The summed E-state index contributed by atoms with van der Waals surface area (Å²) in [5, 5.41) is 9.96. The smallest absolute Gasteiger partial charge is 0.315 e. The number of pyridine rings is 1. The van der Waals surface area contributed by atoms with Gasteiger partial charge in [0, 0.05) is 43.9 Å². The van der Waals surface area contributed by atoms with Crippen LogP contribution in [0.4, 0.5) is 4.79 Å².